The average Bonchev–Trinajstić information content (AvgIpc) is 3.23. The number of thiazole rings is 1. The van der Waals surface area contributed by atoms with Gasteiger partial charge in [0.1, 0.15) is 10.8 Å². The van der Waals surface area contributed by atoms with Gasteiger partial charge in [-0.15, -0.1) is 23.7 Å². The summed E-state index contributed by atoms with van der Waals surface area (Å²) in [7, 11) is 0. The number of aromatic nitrogens is 1. The molecule has 2 heterocycles. The zero-order chi connectivity index (χ0) is 21.9. The highest BCUT2D eigenvalue weighted by Crippen LogP contribution is 2.35. The molecule has 1 amide bonds. The molecule has 1 aromatic heterocycles. The second-order valence-corrected chi connectivity index (χ2v) is 8.89. The van der Waals surface area contributed by atoms with Gasteiger partial charge in [0.25, 0.3) is 5.91 Å². The fraction of sp³-hybridized carbons (Fsp3) is 0.200. The van der Waals surface area contributed by atoms with Gasteiger partial charge in [-0.25, -0.2) is 9.37 Å². The maximum atomic E-state index is 13.5. The molecule has 170 valence electrons. The van der Waals surface area contributed by atoms with Crippen LogP contribution in [-0.4, -0.2) is 42.0 Å². The van der Waals surface area contributed by atoms with Crippen LogP contribution in [0, 0.1) is 5.82 Å². The summed E-state index contributed by atoms with van der Waals surface area (Å²) in [6.07, 6.45) is 0. The van der Waals surface area contributed by atoms with Crippen molar-refractivity contribution in [2.24, 2.45) is 0 Å². The molecule has 1 aliphatic heterocycles. The monoisotopic (exact) mass is 482 g/mol. The minimum atomic E-state index is -0.436. The summed E-state index contributed by atoms with van der Waals surface area (Å²) < 4.78 is 14.6. The number of piperazine rings is 1. The molecule has 0 saturated carbocycles. The van der Waals surface area contributed by atoms with Crippen LogP contribution in [0.4, 0.5) is 10.1 Å². The number of nitrogens with one attached hydrogen (secondary N) is 2. The van der Waals surface area contributed by atoms with Crippen molar-refractivity contribution in [1.29, 1.82) is 0 Å². The van der Waals surface area contributed by atoms with Crippen LogP contribution in [0.1, 0.15) is 15.9 Å². The Labute approximate surface area is 202 Å². The minimum Gasteiger partial charge on any atom is -0.321 e. The molecule has 0 atom stereocenters. The van der Waals surface area contributed by atoms with Crippen molar-refractivity contribution in [2.75, 3.05) is 31.5 Å². The van der Waals surface area contributed by atoms with Crippen LogP contribution in [0.3, 0.4) is 0 Å². The number of carbonyl (C=O) groups excluding carboxylic acids is 1. The predicted molar refractivity (Wildman–Crippen MR) is 135 cm³/mol. The van der Waals surface area contributed by atoms with E-state index in [1.807, 2.05) is 24.3 Å². The molecule has 0 radical (unpaired) electrons. The quantitative estimate of drug-likeness (QED) is 0.411. The van der Waals surface area contributed by atoms with Crippen LogP contribution in [0.2, 0.25) is 0 Å². The maximum Gasteiger partial charge on any atom is 0.255 e. The molecule has 4 aromatic rings. The summed E-state index contributed by atoms with van der Waals surface area (Å²) in [6.45, 7) is 5.12. The van der Waals surface area contributed by atoms with E-state index in [2.05, 4.69) is 33.7 Å². The van der Waals surface area contributed by atoms with E-state index in [1.165, 1.54) is 23.8 Å². The van der Waals surface area contributed by atoms with Gasteiger partial charge in [0.2, 0.25) is 0 Å². The van der Waals surface area contributed by atoms with Crippen molar-refractivity contribution in [3.8, 4) is 10.6 Å². The average molecular weight is 483 g/mol. The van der Waals surface area contributed by atoms with Gasteiger partial charge < -0.3 is 10.6 Å². The summed E-state index contributed by atoms with van der Waals surface area (Å²) in [5, 5.41) is 7.14. The molecule has 5 nitrogen and oxygen atoms in total. The van der Waals surface area contributed by atoms with Gasteiger partial charge in [0.05, 0.1) is 15.9 Å². The molecule has 0 bridgehead atoms. The minimum absolute atomic E-state index is 0. The number of hydrogen-bond donors (Lipinski definition) is 2. The number of nitrogens with zero attached hydrogens (tertiary/aromatic N) is 2. The third-order valence-electron chi connectivity index (χ3n) is 5.56. The summed E-state index contributed by atoms with van der Waals surface area (Å²) in [5.74, 6) is -0.787. The fourth-order valence-electron chi connectivity index (χ4n) is 3.91. The number of fused-ring (bicyclic) bond motifs is 1. The van der Waals surface area contributed by atoms with Gasteiger partial charge in [-0.1, -0.05) is 24.3 Å². The third-order valence-corrected chi connectivity index (χ3v) is 6.61. The van der Waals surface area contributed by atoms with Crippen molar-refractivity contribution in [1.82, 2.24) is 15.2 Å². The Kier molecular flexibility index (Phi) is 7.35. The lowest BCUT2D eigenvalue weighted by atomic mass is 10.1. The number of amides is 1. The molecule has 33 heavy (non-hydrogen) atoms. The number of hydrogen-bond acceptors (Lipinski definition) is 5. The second-order valence-electron chi connectivity index (χ2n) is 7.86. The highest BCUT2D eigenvalue weighted by atomic mass is 35.5. The van der Waals surface area contributed by atoms with Crippen molar-refractivity contribution < 1.29 is 9.18 Å². The van der Waals surface area contributed by atoms with Crippen molar-refractivity contribution >= 4 is 45.6 Å². The van der Waals surface area contributed by atoms with Crippen LogP contribution in [0.15, 0.2) is 66.7 Å². The normalized spacial score (nSPS) is 14.1. The summed E-state index contributed by atoms with van der Waals surface area (Å²) in [5.41, 5.74) is 4.01. The number of benzene rings is 3. The lowest BCUT2D eigenvalue weighted by molar-refractivity contribution is 0.102. The van der Waals surface area contributed by atoms with Crippen molar-refractivity contribution in [3.63, 3.8) is 0 Å². The van der Waals surface area contributed by atoms with Crippen LogP contribution in [-0.2, 0) is 6.54 Å². The van der Waals surface area contributed by atoms with E-state index in [4.69, 9.17) is 4.98 Å². The van der Waals surface area contributed by atoms with Gasteiger partial charge in [0.15, 0.2) is 0 Å². The third kappa shape index (κ3) is 5.39. The van der Waals surface area contributed by atoms with E-state index in [0.717, 1.165) is 53.5 Å². The first-order chi connectivity index (χ1) is 15.7. The van der Waals surface area contributed by atoms with Gasteiger partial charge in [-0.3, -0.25) is 9.69 Å². The summed E-state index contributed by atoms with van der Waals surface area (Å²) in [6, 6.07) is 19.7. The van der Waals surface area contributed by atoms with E-state index in [0.29, 0.717) is 5.69 Å². The highest BCUT2D eigenvalue weighted by Gasteiger charge is 2.15. The van der Waals surface area contributed by atoms with Crippen LogP contribution < -0.4 is 10.6 Å². The Morgan fingerprint density at radius 1 is 1.06 bits per heavy atom. The van der Waals surface area contributed by atoms with Crippen molar-refractivity contribution in [3.05, 3.63) is 83.7 Å². The first-order valence-corrected chi connectivity index (χ1v) is 11.5. The smallest absolute Gasteiger partial charge is 0.255 e. The summed E-state index contributed by atoms with van der Waals surface area (Å²) >= 11 is 1.61. The molecule has 1 saturated heterocycles. The molecule has 1 fully saturated rings. The number of carbonyl (C=O) groups is 1. The topological polar surface area (TPSA) is 57.3 Å². The van der Waals surface area contributed by atoms with E-state index in [-0.39, 0.29) is 23.9 Å². The molecular formula is C25H24ClFN4OS. The zero-order valence-electron chi connectivity index (χ0n) is 17.9. The molecule has 0 spiro atoms. The zero-order valence-corrected chi connectivity index (χ0v) is 19.5. The van der Waals surface area contributed by atoms with Crippen LogP contribution in [0.5, 0.6) is 0 Å². The second kappa shape index (κ2) is 10.4. The fourth-order valence-corrected chi connectivity index (χ4v) is 4.98. The van der Waals surface area contributed by atoms with Crippen LogP contribution >= 0.6 is 23.7 Å². The first kappa shape index (κ1) is 23.3. The molecule has 1 aliphatic rings. The number of anilines is 1. The molecule has 5 rings (SSSR count). The maximum absolute atomic E-state index is 13.5. The molecule has 0 unspecified atom stereocenters. The Balaban J connectivity index is 0.00000259. The van der Waals surface area contributed by atoms with E-state index in [1.54, 1.807) is 17.4 Å². The SMILES string of the molecule is Cl.O=C(Nc1ccccc1-c1nc2ccc(CN3CCNCC3)cc2s1)c1cccc(F)c1. The van der Waals surface area contributed by atoms with E-state index < -0.39 is 5.82 Å². The predicted octanol–water partition coefficient (Wildman–Crippen LogP) is 5.18. The highest BCUT2D eigenvalue weighted by molar-refractivity contribution is 7.21. The molecule has 8 heteroatoms. The number of rotatable bonds is 5. The molecule has 2 N–H and O–H groups in total. The Morgan fingerprint density at radius 2 is 1.88 bits per heavy atom. The first-order valence-electron chi connectivity index (χ1n) is 10.6. The molecule has 3 aromatic carbocycles. The van der Waals surface area contributed by atoms with E-state index in [9.17, 15) is 9.18 Å². The van der Waals surface area contributed by atoms with Gasteiger partial charge in [-0.2, -0.15) is 0 Å². The lowest BCUT2D eigenvalue weighted by Gasteiger charge is -2.27. The standard InChI is InChI=1S/C25H23FN4OS.ClH/c26-19-5-3-4-18(15-19)24(31)28-21-7-2-1-6-20(21)25-29-22-9-8-17(14-23(22)32-25)16-30-12-10-27-11-13-30;/h1-9,14-15,27H,10-13,16H2,(H,28,31);1H. The number of halogens is 2. The lowest BCUT2D eigenvalue weighted by Crippen LogP contribution is -2.42. The largest absolute Gasteiger partial charge is 0.321 e. The Morgan fingerprint density at radius 3 is 2.70 bits per heavy atom. The van der Waals surface area contributed by atoms with Gasteiger partial charge >= 0.3 is 0 Å². The Hall–Kier alpha value is -2.84. The Bertz CT molecular complexity index is 1270. The summed E-state index contributed by atoms with van der Waals surface area (Å²) in [4.78, 5) is 19.9. The van der Waals surface area contributed by atoms with E-state index >= 15 is 0 Å². The van der Waals surface area contributed by atoms with Gasteiger partial charge in [-0.05, 0) is 48.0 Å². The van der Waals surface area contributed by atoms with Crippen molar-refractivity contribution in [2.45, 2.75) is 6.54 Å². The molecular weight excluding hydrogens is 459 g/mol. The van der Waals surface area contributed by atoms with Crippen LogP contribution in [0.25, 0.3) is 20.8 Å². The molecule has 0 aliphatic carbocycles. The van der Waals surface area contributed by atoms with Gasteiger partial charge in [0, 0.05) is 43.9 Å². The number of para-hydroxylation sites is 1.